The van der Waals surface area contributed by atoms with Gasteiger partial charge >= 0.3 is 0 Å². The molecular weight excluding hydrogens is 402 g/mol. The van der Waals surface area contributed by atoms with E-state index in [2.05, 4.69) is 114 Å². The van der Waals surface area contributed by atoms with Gasteiger partial charge in [-0.3, -0.25) is 0 Å². The van der Waals surface area contributed by atoms with Crippen LogP contribution in [0.4, 0.5) is 5.69 Å². The van der Waals surface area contributed by atoms with Gasteiger partial charge in [0.1, 0.15) is 5.75 Å². The van der Waals surface area contributed by atoms with Crippen LogP contribution in [0.2, 0.25) is 0 Å². The molecule has 0 bridgehead atoms. The molecule has 2 heteroatoms. The van der Waals surface area contributed by atoms with E-state index in [1.807, 2.05) is 12.1 Å². The van der Waals surface area contributed by atoms with Crippen molar-refractivity contribution in [2.45, 2.75) is 13.1 Å². The molecule has 33 heavy (non-hydrogen) atoms. The van der Waals surface area contributed by atoms with Crippen LogP contribution in [0.5, 0.6) is 5.75 Å². The molecule has 0 radical (unpaired) electrons. The van der Waals surface area contributed by atoms with Crippen molar-refractivity contribution < 1.29 is 4.74 Å². The normalized spacial score (nSPS) is 10.8. The maximum Gasteiger partial charge on any atom is 0.118 e. The molecule has 5 aromatic rings. The Kier molecular flexibility index (Phi) is 6.08. The molecule has 0 aliphatic heterocycles. The van der Waals surface area contributed by atoms with E-state index in [4.69, 9.17) is 4.74 Å². The van der Waals surface area contributed by atoms with Crippen molar-refractivity contribution in [3.8, 4) is 16.9 Å². The number of hydrogen-bond donors (Lipinski definition) is 0. The first-order valence-electron chi connectivity index (χ1n) is 11.3. The summed E-state index contributed by atoms with van der Waals surface area (Å²) < 4.78 is 5.42. The van der Waals surface area contributed by atoms with E-state index in [9.17, 15) is 0 Å². The fraction of sp³-hybridized carbons (Fsp3) is 0.0968. The van der Waals surface area contributed by atoms with E-state index in [0.29, 0.717) is 0 Å². The Morgan fingerprint density at radius 3 is 1.76 bits per heavy atom. The highest BCUT2D eigenvalue weighted by molar-refractivity contribution is 6.03. The summed E-state index contributed by atoms with van der Waals surface area (Å²) >= 11 is 0. The summed E-state index contributed by atoms with van der Waals surface area (Å²) in [6.45, 7) is 1.66. The molecule has 0 atom stereocenters. The van der Waals surface area contributed by atoms with Crippen molar-refractivity contribution in [3.63, 3.8) is 0 Å². The molecule has 0 heterocycles. The second-order valence-electron chi connectivity index (χ2n) is 8.24. The van der Waals surface area contributed by atoms with E-state index in [1.165, 1.54) is 38.7 Å². The molecular formula is C31H27NO. The topological polar surface area (TPSA) is 12.5 Å². The summed E-state index contributed by atoms with van der Waals surface area (Å²) in [5, 5.41) is 2.50. The van der Waals surface area contributed by atoms with Gasteiger partial charge in [-0.05, 0) is 45.7 Å². The van der Waals surface area contributed by atoms with Crippen LogP contribution in [-0.4, -0.2) is 7.11 Å². The SMILES string of the molecule is COc1ccc(-c2c(N(Cc3ccccc3)Cc3ccccc3)ccc3ccccc23)cc1. The van der Waals surface area contributed by atoms with E-state index in [1.54, 1.807) is 7.11 Å². The van der Waals surface area contributed by atoms with E-state index in [0.717, 1.165) is 18.8 Å². The highest BCUT2D eigenvalue weighted by atomic mass is 16.5. The first kappa shape index (κ1) is 20.8. The lowest BCUT2D eigenvalue weighted by molar-refractivity contribution is 0.415. The quantitative estimate of drug-likeness (QED) is 0.262. The third-order valence-electron chi connectivity index (χ3n) is 6.06. The molecule has 0 N–H and O–H groups in total. The minimum atomic E-state index is 0.831. The molecule has 0 unspecified atom stereocenters. The maximum absolute atomic E-state index is 5.42. The predicted octanol–water partition coefficient (Wildman–Crippen LogP) is 7.72. The molecule has 2 nitrogen and oxygen atoms in total. The third-order valence-corrected chi connectivity index (χ3v) is 6.06. The Morgan fingerprint density at radius 2 is 1.15 bits per heavy atom. The van der Waals surface area contributed by atoms with Gasteiger partial charge in [0, 0.05) is 24.3 Å². The minimum absolute atomic E-state index is 0.831. The molecule has 0 saturated heterocycles. The maximum atomic E-state index is 5.42. The Hall–Kier alpha value is -4.04. The van der Waals surface area contributed by atoms with Crippen LogP contribution in [0.15, 0.2) is 121 Å². The van der Waals surface area contributed by atoms with Gasteiger partial charge in [0.05, 0.1) is 7.11 Å². The van der Waals surface area contributed by atoms with Crippen molar-refractivity contribution in [2.24, 2.45) is 0 Å². The van der Waals surface area contributed by atoms with Gasteiger partial charge in [-0.2, -0.15) is 0 Å². The summed E-state index contributed by atoms with van der Waals surface area (Å²) in [7, 11) is 1.71. The number of rotatable bonds is 7. The molecule has 0 amide bonds. The summed E-state index contributed by atoms with van der Waals surface area (Å²) in [6, 6.07) is 42.9. The smallest absolute Gasteiger partial charge is 0.118 e. The summed E-state index contributed by atoms with van der Waals surface area (Å²) in [5.41, 5.74) is 6.26. The van der Waals surface area contributed by atoms with Crippen LogP contribution >= 0.6 is 0 Å². The van der Waals surface area contributed by atoms with Gasteiger partial charge in [0.25, 0.3) is 0 Å². The van der Waals surface area contributed by atoms with E-state index < -0.39 is 0 Å². The predicted molar refractivity (Wildman–Crippen MR) is 139 cm³/mol. The highest BCUT2D eigenvalue weighted by Crippen LogP contribution is 2.39. The van der Waals surface area contributed by atoms with Crippen molar-refractivity contribution in [3.05, 3.63) is 132 Å². The van der Waals surface area contributed by atoms with Crippen molar-refractivity contribution in [1.29, 1.82) is 0 Å². The average molecular weight is 430 g/mol. The molecule has 0 aliphatic carbocycles. The standard InChI is InChI=1S/C31H27NO/c1-33-28-19-16-27(17-20-28)31-29-15-9-8-14-26(29)18-21-30(31)32(22-24-10-4-2-5-11-24)23-25-12-6-3-7-13-25/h2-21H,22-23H2,1H3. The Balaban J connectivity index is 1.68. The molecule has 0 fully saturated rings. The first-order valence-corrected chi connectivity index (χ1v) is 11.3. The van der Waals surface area contributed by atoms with Gasteiger partial charge in [-0.1, -0.05) is 103 Å². The van der Waals surface area contributed by atoms with Crippen molar-refractivity contribution in [1.82, 2.24) is 0 Å². The number of nitrogens with zero attached hydrogens (tertiary/aromatic N) is 1. The number of fused-ring (bicyclic) bond motifs is 1. The Morgan fingerprint density at radius 1 is 0.576 bits per heavy atom. The van der Waals surface area contributed by atoms with Gasteiger partial charge in [0.2, 0.25) is 0 Å². The molecule has 5 rings (SSSR count). The molecule has 0 saturated carbocycles. The first-order chi connectivity index (χ1) is 16.3. The number of benzene rings is 5. The average Bonchev–Trinajstić information content (AvgIpc) is 2.89. The summed E-state index contributed by atoms with van der Waals surface area (Å²) in [6.07, 6.45) is 0. The fourth-order valence-corrected chi connectivity index (χ4v) is 4.42. The van der Waals surface area contributed by atoms with Crippen LogP contribution in [0.25, 0.3) is 21.9 Å². The lowest BCUT2D eigenvalue weighted by atomic mass is 9.95. The number of hydrogen-bond acceptors (Lipinski definition) is 2. The van der Waals surface area contributed by atoms with Gasteiger partial charge in [-0.25, -0.2) is 0 Å². The molecule has 0 aliphatic rings. The summed E-state index contributed by atoms with van der Waals surface area (Å²) in [5.74, 6) is 0.867. The van der Waals surface area contributed by atoms with Gasteiger partial charge in [-0.15, -0.1) is 0 Å². The van der Waals surface area contributed by atoms with Crippen molar-refractivity contribution >= 4 is 16.5 Å². The molecule has 0 spiro atoms. The van der Waals surface area contributed by atoms with Crippen LogP contribution < -0.4 is 9.64 Å². The lowest BCUT2D eigenvalue weighted by Gasteiger charge is -2.29. The monoisotopic (exact) mass is 429 g/mol. The van der Waals surface area contributed by atoms with Gasteiger partial charge < -0.3 is 9.64 Å². The second-order valence-corrected chi connectivity index (χ2v) is 8.24. The Bertz CT molecular complexity index is 1290. The highest BCUT2D eigenvalue weighted by Gasteiger charge is 2.17. The van der Waals surface area contributed by atoms with E-state index >= 15 is 0 Å². The van der Waals surface area contributed by atoms with Crippen LogP contribution in [0.1, 0.15) is 11.1 Å². The van der Waals surface area contributed by atoms with Gasteiger partial charge in [0.15, 0.2) is 0 Å². The number of methoxy groups -OCH3 is 1. The third kappa shape index (κ3) is 4.61. The number of anilines is 1. The fourth-order valence-electron chi connectivity index (χ4n) is 4.42. The molecule has 0 aromatic heterocycles. The van der Waals surface area contributed by atoms with Crippen molar-refractivity contribution in [2.75, 3.05) is 12.0 Å². The largest absolute Gasteiger partial charge is 0.497 e. The zero-order chi connectivity index (χ0) is 22.5. The van der Waals surface area contributed by atoms with E-state index in [-0.39, 0.29) is 0 Å². The zero-order valence-corrected chi connectivity index (χ0v) is 18.8. The number of ether oxygens (including phenoxy) is 1. The van der Waals surface area contributed by atoms with Crippen LogP contribution in [-0.2, 0) is 13.1 Å². The molecule has 5 aromatic carbocycles. The lowest BCUT2D eigenvalue weighted by Crippen LogP contribution is -2.23. The molecule has 162 valence electrons. The van der Waals surface area contributed by atoms with Crippen LogP contribution in [0, 0.1) is 0 Å². The summed E-state index contributed by atoms with van der Waals surface area (Å²) in [4.78, 5) is 2.48. The zero-order valence-electron chi connectivity index (χ0n) is 18.8. The Labute approximate surface area is 195 Å². The van der Waals surface area contributed by atoms with Crippen LogP contribution in [0.3, 0.4) is 0 Å². The second kappa shape index (κ2) is 9.62. The minimum Gasteiger partial charge on any atom is -0.497 e.